The maximum Gasteiger partial charge on any atom is 0.257 e. The third-order valence-electron chi connectivity index (χ3n) is 4.98. The Kier molecular flexibility index (Phi) is 5.32. The smallest absolute Gasteiger partial charge is 0.257 e. The van der Waals surface area contributed by atoms with Crippen molar-refractivity contribution in [3.8, 4) is 11.5 Å². The monoisotopic (exact) mass is 405 g/mol. The summed E-state index contributed by atoms with van der Waals surface area (Å²) in [6, 6.07) is 14.8. The number of pyridine rings is 1. The van der Waals surface area contributed by atoms with Crippen molar-refractivity contribution in [2.24, 2.45) is 0 Å². The molecular weight excluding hydrogens is 386 g/mol. The number of amides is 1. The van der Waals surface area contributed by atoms with Crippen LogP contribution in [0, 0.1) is 0 Å². The van der Waals surface area contributed by atoms with E-state index >= 15 is 0 Å². The van der Waals surface area contributed by atoms with Crippen molar-refractivity contribution in [3.05, 3.63) is 77.1 Å². The molecule has 1 atom stereocenters. The van der Waals surface area contributed by atoms with Crippen LogP contribution in [-0.4, -0.2) is 15.9 Å². The Balaban J connectivity index is 1.65. The largest absolute Gasteiger partial charge is 0.436 e. The molecule has 1 N–H and O–H groups in total. The number of nitrogens with zero attached hydrogens (tertiary/aromatic N) is 2. The fraction of sp³-hybridized carbons (Fsp3) is 0.174. The highest BCUT2D eigenvalue weighted by Crippen LogP contribution is 2.32. The highest BCUT2D eigenvalue weighted by Gasteiger charge is 2.14. The maximum atomic E-state index is 12.4. The van der Waals surface area contributed by atoms with Gasteiger partial charge in [-0.25, -0.2) is 4.98 Å². The van der Waals surface area contributed by atoms with Crippen LogP contribution in [0.4, 0.5) is 5.69 Å². The SMILES string of the molecule is CC[C@@H](C)c1ccc2oc(-c3ccc(Cl)c(NC(=O)c4cccnc4)c3)nc2c1. The second kappa shape index (κ2) is 8.05. The molecule has 0 fully saturated rings. The van der Waals surface area contributed by atoms with E-state index in [0.29, 0.717) is 28.1 Å². The zero-order chi connectivity index (χ0) is 20.4. The van der Waals surface area contributed by atoms with Crippen LogP contribution in [0.3, 0.4) is 0 Å². The Morgan fingerprint density at radius 2 is 2.07 bits per heavy atom. The molecule has 0 saturated carbocycles. The number of hydrogen-bond donors (Lipinski definition) is 1. The van der Waals surface area contributed by atoms with Gasteiger partial charge in [0.25, 0.3) is 5.91 Å². The Bertz CT molecular complexity index is 1170. The van der Waals surface area contributed by atoms with Crippen LogP contribution in [0.1, 0.15) is 42.1 Å². The Labute approximate surface area is 173 Å². The van der Waals surface area contributed by atoms with Crippen LogP contribution in [0.15, 0.2) is 65.3 Å². The lowest BCUT2D eigenvalue weighted by molar-refractivity contribution is 0.102. The van der Waals surface area contributed by atoms with E-state index in [-0.39, 0.29) is 5.91 Å². The van der Waals surface area contributed by atoms with Gasteiger partial charge in [0, 0.05) is 18.0 Å². The molecule has 0 aliphatic heterocycles. The van der Waals surface area contributed by atoms with E-state index < -0.39 is 0 Å². The van der Waals surface area contributed by atoms with Crippen LogP contribution in [0.2, 0.25) is 5.02 Å². The van der Waals surface area contributed by atoms with Gasteiger partial charge in [0.1, 0.15) is 5.52 Å². The van der Waals surface area contributed by atoms with Gasteiger partial charge in [0.15, 0.2) is 5.58 Å². The number of aromatic nitrogens is 2. The van der Waals surface area contributed by atoms with Crippen molar-refractivity contribution >= 4 is 34.3 Å². The average Bonchev–Trinajstić information content (AvgIpc) is 3.18. The van der Waals surface area contributed by atoms with E-state index in [1.807, 2.05) is 12.1 Å². The van der Waals surface area contributed by atoms with Gasteiger partial charge in [-0.05, 0) is 60.4 Å². The maximum absolute atomic E-state index is 12.4. The normalized spacial score (nSPS) is 12.1. The van der Waals surface area contributed by atoms with E-state index in [4.69, 9.17) is 16.0 Å². The average molecular weight is 406 g/mol. The Morgan fingerprint density at radius 3 is 2.83 bits per heavy atom. The summed E-state index contributed by atoms with van der Waals surface area (Å²) in [5, 5.41) is 3.25. The molecule has 6 heteroatoms. The van der Waals surface area contributed by atoms with Gasteiger partial charge in [-0.15, -0.1) is 0 Å². The van der Waals surface area contributed by atoms with Crippen LogP contribution in [0.25, 0.3) is 22.6 Å². The molecule has 0 aliphatic carbocycles. The molecule has 146 valence electrons. The molecule has 29 heavy (non-hydrogen) atoms. The summed E-state index contributed by atoms with van der Waals surface area (Å²) in [5.41, 5.74) is 4.45. The molecule has 2 aromatic heterocycles. The van der Waals surface area contributed by atoms with E-state index in [1.54, 1.807) is 30.5 Å². The van der Waals surface area contributed by atoms with Crippen LogP contribution in [0.5, 0.6) is 0 Å². The van der Waals surface area contributed by atoms with Crippen molar-refractivity contribution in [2.45, 2.75) is 26.2 Å². The minimum Gasteiger partial charge on any atom is -0.436 e. The third kappa shape index (κ3) is 4.00. The van der Waals surface area contributed by atoms with Gasteiger partial charge in [-0.3, -0.25) is 9.78 Å². The minimum absolute atomic E-state index is 0.284. The quantitative estimate of drug-likeness (QED) is 0.422. The van der Waals surface area contributed by atoms with Gasteiger partial charge in [0.2, 0.25) is 5.89 Å². The molecule has 0 aliphatic rings. The Morgan fingerprint density at radius 1 is 1.21 bits per heavy atom. The van der Waals surface area contributed by atoms with Gasteiger partial charge in [-0.1, -0.05) is 31.5 Å². The second-order valence-corrected chi connectivity index (χ2v) is 7.35. The molecule has 0 spiro atoms. The third-order valence-corrected chi connectivity index (χ3v) is 5.31. The molecule has 2 heterocycles. The topological polar surface area (TPSA) is 68.0 Å². The molecule has 5 nitrogen and oxygen atoms in total. The van der Waals surface area contributed by atoms with E-state index in [1.165, 1.54) is 11.8 Å². The molecule has 0 bridgehead atoms. The lowest BCUT2D eigenvalue weighted by atomic mass is 9.98. The fourth-order valence-electron chi connectivity index (χ4n) is 3.06. The van der Waals surface area contributed by atoms with Crippen molar-refractivity contribution < 1.29 is 9.21 Å². The van der Waals surface area contributed by atoms with Crippen LogP contribution >= 0.6 is 11.6 Å². The number of rotatable bonds is 5. The number of fused-ring (bicyclic) bond motifs is 1. The molecule has 2 aromatic carbocycles. The van der Waals surface area contributed by atoms with Gasteiger partial charge < -0.3 is 9.73 Å². The predicted octanol–water partition coefficient (Wildman–Crippen LogP) is 6.31. The number of anilines is 1. The number of benzene rings is 2. The van der Waals surface area contributed by atoms with E-state index in [2.05, 4.69) is 41.3 Å². The van der Waals surface area contributed by atoms with Gasteiger partial charge in [-0.2, -0.15) is 0 Å². The molecule has 4 aromatic rings. The summed E-state index contributed by atoms with van der Waals surface area (Å²) in [4.78, 5) is 21.0. The van der Waals surface area contributed by atoms with Crippen LogP contribution < -0.4 is 5.32 Å². The number of halogens is 1. The second-order valence-electron chi connectivity index (χ2n) is 6.95. The molecule has 0 radical (unpaired) electrons. The summed E-state index contributed by atoms with van der Waals surface area (Å²) < 4.78 is 5.93. The van der Waals surface area contributed by atoms with Crippen LogP contribution in [-0.2, 0) is 0 Å². The molecule has 4 rings (SSSR count). The summed E-state index contributed by atoms with van der Waals surface area (Å²) in [6.07, 6.45) is 4.18. The highest BCUT2D eigenvalue weighted by molar-refractivity contribution is 6.34. The zero-order valence-electron chi connectivity index (χ0n) is 16.1. The van der Waals surface area contributed by atoms with Gasteiger partial charge >= 0.3 is 0 Å². The first kappa shape index (κ1) is 19.2. The lowest BCUT2D eigenvalue weighted by Crippen LogP contribution is -2.12. The zero-order valence-corrected chi connectivity index (χ0v) is 16.9. The van der Waals surface area contributed by atoms with Crippen molar-refractivity contribution in [3.63, 3.8) is 0 Å². The first-order valence-corrected chi connectivity index (χ1v) is 9.84. The summed E-state index contributed by atoms with van der Waals surface area (Å²) >= 11 is 6.28. The molecule has 1 amide bonds. The highest BCUT2D eigenvalue weighted by atomic mass is 35.5. The summed E-state index contributed by atoms with van der Waals surface area (Å²) in [7, 11) is 0. The number of nitrogens with one attached hydrogen (secondary N) is 1. The number of carbonyl (C=O) groups excluding carboxylic acids is 1. The molecule has 0 saturated heterocycles. The fourth-order valence-corrected chi connectivity index (χ4v) is 3.22. The number of oxazole rings is 1. The van der Waals surface area contributed by atoms with Crippen molar-refractivity contribution in [1.82, 2.24) is 9.97 Å². The summed E-state index contributed by atoms with van der Waals surface area (Å²) in [5.74, 6) is 0.659. The van der Waals surface area contributed by atoms with Crippen molar-refractivity contribution in [1.29, 1.82) is 0 Å². The minimum atomic E-state index is -0.284. The molecule has 0 unspecified atom stereocenters. The van der Waals surface area contributed by atoms with Gasteiger partial charge in [0.05, 0.1) is 16.3 Å². The number of carbonyl (C=O) groups is 1. The number of hydrogen-bond acceptors (Lipinski definition) is 4. The van der Waals surface area contributed by atoms with E-state index in [9.17, 15) is 4.79 Å². The summed E-state index contributed by atoms with van der Waals surface area (Å²) in [6.45, 7) is 4.36. The molecular formula is C23H20ClN3O2. The lowest BCUT2D eigenvalue weighted by Gasteiger charge is -2.08. The van der Waals surface area contributed by atoms with Crippen molar-refractivity contribution in [2.75, 3.05) is 5.32 Å². The predicted molar refractivity (Wildman–Crippen MR) is 115 cm³/mol. The first-order valence-electron chi connectivity index (χ1n) is 9.47. The standard InChI is InChI=1S/C23H20ClN3O2/c1-3-14(2)15-7-9-21-20(11-15)27-23(29-21)16-6-8-18(24)19(12-16)26-22(28)17-5-4-10-25-13-17/h4-14H,3H2,1-2H3,(H,26,28)/t14-/m1/s1. The Hall–Kier alpha value is -3.18. The van der Waals surface area contributed by atoms with E-state index in [0.717, 1.165) is 23.1 Å². The first-order chi connectivity index (χ1) is 14.0.